The Morgan fingerprint density at radius 2 is 1.68 bits per heavy atom. The van der Waals surface area contributed by atoms with Gasteiger partial charge in [-0.3, -0.25) is 9.78 Å². The van der Waals surface area contributed by atoms with Crippen molar-refractivity contribution < 1.29 is 23.1 Å². The second kappa shape index (κ2) is 9.95. The molecule has 1 N–H and O–H groups in total. The number of aromatic nitrogens is 1. The first-order chi connectivity index (χ1) is 17.8. The molecule has 1 aromatic heterocycles. The highest BCUT2D eigenvalue weighted by molar-refractivity contribution is 7.90. The van der Waals surface area contributed by atoms with Gasteiger partial charge in [-0.05, 0) is 48.7 Å². The monoisotopic (exact) mass is 516 g/mol. The quantitative estimate of drug-likeness (QED) is 0.410. The van der Waals surface area contributed by atoms with Crippen molar-refractivity contribution in [2.75, 3.05) is 20.2 Å². The van der Waals surface area contributed by atoms with Gasteiger partial charge in [-0.1, -0.05) is 48.5 Å². The van der Waals surface area contributed by atoms with E-state index < -0.39 is 15.4 Å². The topological polar surface area (TPSA) is 96.8 Å². The number of fused-ring (bicyclic) bond motifs is 1. The van der Waals surface area contributed by atoms with E-state index in [1.807, 2.05) is 36.4 Å². The van der Waals surface area contributed by atoms with Gasteiger partial charge in [0.15, 0.2) is 9.84 Å². The molecule has 1 fully saturated rings. The molecule has 4 aromatic rings. The Kier molecular flexibility index (Phi) is 6.70. The van der Waals surface area contributed by atoms with Crippen LogP contribution in [-0.2, 0) is 21.2 Å². The van der Waals surface area contributed by atoms with E-state index in [0.717, 1.165) is 10.9 Å². The first-order valence-corrected chi connectivity index (χ1v) is 13.8. The van der Waals surface area contributed by atoms with Crippen LogP contribution < -0.4 is 4.74 Å². The molecule has 0 unspecified atom stereocenters. The molecule has 0 radical (unpaired) electrons. The van der Waals surface area contributed by atoms with Crippen molar-refractivity contribution in [2.45, 2.75) is 29.1 Å². The van der Waals surface area contributed by atoms with Crippen molar-refractivity contribution in [1.29, 1.82) is 0 Å². The molecule has 5 rings (SSSR count). The van der Waals surface area contributed by atoms with Gasteiger partial charge in [-0.25, -0.2) is 8.42 Å². The summed E-state index contributed by atoms with van der Waals surface area (Å²) in [6, 6.07) is 22.8. The van der Waals surface area contributed by atoms with E-state index in [1.165, 1.54) is 0 Å². The van der Waals surface area contributed by atoms with Crippen LogP contribution in [0, 0.1) is 0 Å². The molecule has 3 aromatic carbocycles. The SMILES string of the molecule is COc1ccccc1C1(O)CCN(C(=O)c2ccc(CS(=O)(=O)c3cccc4cccnc34)cc2)CC1. The lowest BCUT2D eigenvalue weighted by Crippen LogP contribution is -2.45. The number of hydrogen-bond acceptors (Lipinski definition) is 6. The summed E-state index contributed by atoms with van der Waals surface area (Å²) in [6.07, 6.45) is 2.38. The van der Waals surface area contributed by atoms with Crippen LogP contribution in [0.3, 0.4) is 0 Å². The summed E-state index contributed by atoms with van der Waals surface area (Å²) in [5, 5.41) is 12.0. The highest BCUT2D eigenvalue weighted by Gasteiger charge is 2.37. The third kappa shape index (κ3) is 4.95. The van der Waals surface area contributed by atoms with Gasteiger partial charge in [-0.15, -0.1) is 0 Å². The predicted octanol–water partition coefficient (Wildman–Crippen LogP) is 4.34. The van der Waals surface area contributed by atoms with Crippen LogP contribution in [0.1, 0.15) is 34.3 Å². The Hall–Kier alpha value is -3.75. The number of rotatable bonds is 6. The summed E-state index contributed by atoms with van der Waals surface area (Å²) < 4.78 is 31.7. The number of hydrogen-bond donors (Lipinski definition) is 1. The van der Waals surface area contributed by atoms with Gasteiger partial charge in [0, 0.05) is 35.8 Å². The lowest BCUT2D eigenvalue weighted by atomic mass is 9.83. The van der Waals surface area contributed by atoms with E-state index in [4.69, 9.17) is 4.74 Å². The Morgan fingerprint density at radius 1 is 0.973 bits per heavy atom. The first kappa shape index (κ1) is 24.9. The average Bonchev–Trinajstić information content (AvgIpc) is 2.93. The number of benzene rings is 3. The molecule has 0 atom stereocenters. The van der Waals surface area contributed by atoms with Crippen molar-refractivity contribution >= 4 is 26.6 Å². The fourth-order valence-corrected chi connectivity index (χ4v) is 6.47. The molecule has 1 amide bonds. The fraction of sp³-hybridized carbons (Fsp3) is 0.241. The van der Waals surface area contributed by atoms with E-state index in [2.05, 4.69) is 4.98 Å². The summed E-state index contributed by atoms with van der Waals surface area (Å²) in [5.74, 6) is 0.302. The van der Waals surface area contributed by atoms with Crippen LogP contribution in [0.25, 0.3) is 10.9 Å². The van der Waals surface area contributed by atoms with Crippen LogP contribution in [0.2, 0.25) is 0 Å². The van der Waals surface area contributed by atoms with Gasteiger partial charge < -0.3 is 14.7 Å². The molecule has 37 heavy (non-hydrogen) atoms. The minimum Gasteiger partial charge on any atom is -0.496 e. The maximum Gasteiger partial charge on any atom is 0.253 e. The highest BCUT2D eigenvalue weighted by atomic mass is 32.2. The average molecular weight is 517 g/mol. The zero-order chi connectivity index (χ0) is 26.0. The number of pyridine rings is 1. The summed E-state index contributed by atoms with van der Waals surface area (Å²) in [5.41, 5.74) is 1.20. The molecule has 7 nitrogen and oxygen atoms in total. The maximum absolute atomic E-state index is 13.2. The molecule has 1 aliphatic rings. The van der Waals surface area contributed by atoms with Crippen molar-refractivity contribution in [3.63, 3.8) is 0 Å². The lowest BCUT2D eigenvalue weighted by Gasteiger charge is -2.39. The Balaban J connectivity index is 1.27. The van der Waals surface area contributed by atoms with E-state index >= 15 is 0 Å². The Labute approximate surface area is 216 Å². The highest BCUT2D eigenvalue weighted by Crippen LogP contribution is 2.38. The molecule has 0 spiro atoms. The normalized spacial score (nSPS) is 15.5. The van der Waals surface area contributed by atoms with Gasteiger partial charge in [-0.2, -0.15) is 0 Å². The molecule has 190 valence electrons. The van der Waals surface area contributed by atoms with Crippen molar-refractivity contribution in [1.82, 2.24) is 9.88 Å². The molecule has 2 heterocycles. The largest absolute Gasteiger partial charge is 0.496 e. The van der Waals surface area contributed by atoms with E-state index in [-0.39, 0.29) is 16.6 Å². The smallest absolute Gasteiger partial charge is 0.253 e. The Bertz CT molecular complexity index is 1540. The zero-order valence-corrected chi connectivity index (χ0v) is 21.3. The fourth-order valence-electron chi connectivity index (χ4n) is 4.93. The van der Waals surface area contributed by atoms with Crippen molar-refractivity contribution in [3.05, 3.63) is 102 Å². The van der Waals surface area contributed by atoms with Gasteiger partial charge in [0.1, 0.15) is 5.75 Å². The standard InChI is InChI=1S/C29H28N2O5S/c1-36-25-9-3-2-8-24(25)29(33)15-18-31(19-16-29)28(32)23-13-11-21(12-14-23)20-37(34,35)26-10-4-6-22-7-5-17-30-27(22)26/h2-14,17,33H,15-16,18-20H2,1H3. The van der Waals surface area contributed by atoms with E-state index in [9.17, 15) is 18.3 Å². The summed E-state index contributed by atoms with van der Waals surface area (Å²) in [6.45, 7) is 0.801. The molecule has 0 saturated carbocycles. The summed E-state index contributed by atoms with van der Waals surface area (Å²) >= 11 is 0. The van der Waals surface area contributed by atoms with Crippen LogP contribution >= 0.6 is 0 Å². The van der Waals surface area contributed by atoms with Crippen LogP contribution in [-0.4, -0.2) is 49.5 Å². The number of amides is 1. The van der Waals surface area contributed by atoms with Crippen molar-refractivity contribution in [2.24, 2.45) is 0 Å². The number of carbonyl (C=O) groups is 1. The van der Waals surface area contributed by atoms with Crippen LogP contribution in [0.15, 0.2) is 90.0 Å². The molecule has 1 saturated heterocycles. The maximum atomic E-state index is 13.2. The Morgan fingerprint density at radius 3 is 2.41 bits per heavy atom. The minimum atomic E-state index is -3.63. The third-order valence-corrected chi connectivity index (χ3v) is 8.69. The van der Waals surface area contributed by atoms with E-state index in [0.29, 0.717) is 48.3 Å². The third-order valence-electron chi connectivity index (χ3n) is 6.97. The minimum absolute atomic E-state index is 0.144. The molecule has 0 aliphatic carbocycles. The number of para-hydroxylation sites is 2. The number of piperidine rings is 1. The number of carbonyl (C=O) groups excluding carboxylic acids is 1. The first-order valence-electron chi connectivity index (χ1n) is 12.1. The molecule has 0 bridgehead atoms. The number of sulfone groups is 1. The number of likely N-dealkylation sites (tertiary alicyclic amines) is 1. The second-order valence-electron chi connectivity index (χ2n) is 9.31. The van der Waals surface area contributed by atoms with Gasteiger partial charge in [0.2, 0.25) is 0 Å². The lowest BCUT2D eigenvalue weighted by molar-refractivity contribution is -0.0226. The van der Waals surface area contributed by atoms with Gasteiger partial charge in [0.05, 0.1) is 28.9 Å². The zero-order valence-electron chi connectivity index (χ0n) is 20.5. The number of nitrogens with zero attached hydrogens (tertiary/aromatic N) is 2. The molecule has 1 aliphatic heterocycles. The van der Waals surface area contributed by atoms with Crippen LogP contribution in [0.5, 0.6) is 5.75 Å². The summed E-state index contributed by atoms with van der Waals surface area (Å²) in [4.78, 5) is 19.3. The molecule has 8 heteroatoms. The van der Waals surface area contributed by atoms with Crippen LogP contribution in [0.4, 0.5) is 0 Å². The van der Waals surface area contributed by atoms with Crippen molar-refractivity contribution in [3.8, 4) is 5.75 Å². The molecular formula is C29H28N2O5S. The number of aliphatic hydroxyl groups is 1. The van der Waals surface area contributed by atoms with Gasteiger partial charge >= 0.3 is 0 Å². The van der Waals surface area contributed by atoms with Gasteiger partial charge in [0.25, 0.3) is 5.91 Å². The number of methoxy groups -OCH3 is 1. The summed E-state index contributed by atoms with van der Waals surface area (Å²) in [7, 11) is -2.06. The number of ether oxygens (including phenoxy) is 1. The van der Waals surface area contributed by atoms with E-state index in [1.54, 1.807) is 60.7 Å². The molecular weight excluding hydrogens is 488 g/mol. The second-order valence-corrected chi connectivity index (χ2v) is 11.3. The predicted molar refractivity (Wildman–Crippen MR) is 141 cm³/mol.